The second kappa shape index (κ2) is 7.75. The Hall–Kier alpha value is -1.92. The quantitative estimate of drug-likeness (QED) is 0.767. The molecule has 2 rings (SSSR count). The van der Waals surface area contributed by atoms with E-state index < -0.39 is 5.92 Å². The minimum atomic E-state index is -0.684. The van der Waals surface area contributed by atoms with E-state index in [1.807, 2.05) is 42.5 Å². The molecule has 0 saturated carbocycles. The first-order valence-electron chi connectivity index (χ1n) is 6.93. The lowest BCUT2D eigenvalue weighted by Crippen LogP contribution is -2.11. The van der Waals surface area contributed by atoms with Crippen molar-refractivity contribution < 1.29 is 4.79 Å². The zero-order valence-electron chi connectivity index (χ0n) is 11.6. The average molecular weight is 342 g/mol. The fourth-order valence-corrected chi connectivity index (χ4v) is 2.79. The van der Waals surface area contributed by atoms with Gasteiger partial charge in [0.2, 0.25) is 0 Å². The van der Waals surface area contributed by atoms with E-state index in [4.69, 9.17) is 0 Å². The Bertz CT molecular complexity index is 646. The minimum absolute atomic E-state index is 0.0136. The third kappa shape index (κ3) is 4.27. The zero-order chi connectivity index (χ0) is 15.1. The summed E-state index contributed by atoms with van der Waals surface area (Å²) in [6.07, 6.45) is 2.06. The van der Waals surface area contributed by atoms with Gasteiger partial charge in [-0.15, -0.1) is 0 Å². The van der Waals surface area contributed by atoms with Gasteiger partial charge in [0.05, 0.1) is 6.07 Å². The van der Waals surface area contributed by atoms with Crippen LogP contribution in [0.1, 0.15) is 29.9 Å². The van der Waals surface area contributed by atoms with Gasteiger partial charge in [0, 0.05) is 10.9 Å². The molecular weight excluding hydrogens is 326 g/mol. The SMILES string of the molecule is N#CC(C(=O)CCCc1ccccc1)c1ccccc1Br. The largest absolute Gasteiger partial charge is 0.298 e. The van der Waals surface area contributed by atoms with Gasteiger partial charge in [-0.25, -0.2) is 0 Å². The van der Waals surface area contributed by atoms with Crippen molar-refractivity contribution >= 4 is 21.7 Å². The van der Waals surface area contributed by atoms with Crippen LogP contribution < -0.4 is 0 Å². The van der Waals surface area contributed by atoms with Crippen molar-refractivity contribution in [3.63, 3.8) is 0 Å². The summed E-state index contributed by atoms with van der Waals surface area (Å²) in [4.78, 5) is 12.3. The van der Waals surface area contributed by atoms with Gasteiger partial charge in [0.15, 0.2) is 5.78 Å². The molecule has 1 atom stereocenters. The van der Waals surface area contributed by atoms with Crippen LogP contribution in [-0.2, 0) is 11.2 Å². The zero-order valence-corrected chi connectivity index (χ0v) is 13.2. The number of aryl methyl sites for hydroxylation is 1. The molecular formula is C18H16BrNO. The van der Waals surface area contributed by atoms with Crippen LogP contribution in [0.4, 0.5) is 0 Å². The number of nitriles is 1. The first-order chi connectivity index (χ1) is 10.2. The van der Waals surface area contributed by atoms with Gasteiger partial charge in [-0.05, 0) is 30.0 Å². The van der Waals surface area contributed by atoms with Gasteiger partial charge >= 0.3 is 0 Å². The van der Waals surface area contributed by atoms with E-state index in [0.29, 0.717) is 6.42 Å². The Morgan fingerprint density at radius 2 is 1.76 bits per heavy atom. The number of hydrogen-bond acceptors (Lipinski definition) is 2. The number of rotatable bonds is 6. The van der Waals surface area contributed by atoms with Gasteiger partial charge in [-0.3, -0.25) is 4.79 Å². The standard InChI is InChI=1S/C18H16BrNO/c19-17-11-5-4-10-15(17)16(13-20)18(21)12-6-9-14-7-2-1-3-8-14/h1-5,7-8,10-11,16H,6,9,12H2. The van der Waals surface area contributed by atoms with E-state index in [1.54, 1.807) is 0 Å². The molecule has 0 spiro atoms. The molecule has 0 aliphatic heterocycles. The van der Waals surface area contributed by atoms with Crippen LogP contribution in [0, 0.1) is 11.3 Å². The number of nitrogens with zero attached hydrogens (tertiary/aromatic N) is 1. The number of carbonyl (C=O) groups is 1. The van der Waals surface area contributed by atoms with Crippen LogP contribution in [0.25, 0.3) is 0 Å². The predicted molar refractivity (Wildman–Crippen MR) is 86.9 cm³/mol. The van der Waals surface area contributed by atoms with Gasteiger partial charge in [-0.1, -0.05) is 64.5 Å². The smallest absolute Gasteiger partial charge is 0.154 e. The molecule has 106 valence electrons. The lowest BCUT2D eigenvalue weighted by Gasteiger charge is -2.10. The predicted octanol–water partition coefficient (Wildman–Crippen LogP) is 4.65. The van der Waals surface area contributed by atoms with Gasteiger partial charge in [-0.2, -0.15) is 5.26 Å². The van der Waals surface area contributed by atoms with Crippen LogP contribution >= 0.6 is 15.9 Å². The molecule has 3 heteroatoms. The Morgan fingerprint density at radius 3 is 2.43 bits per heavy atom. The highest BCUT2D eigenvalue weighted by Crippen LogP contribution is 2.26. The van der Waals surface area contributed by atoms with Gasteiger partial charge < -0.3 is 0 Å². The first-order valence-corrected chi connectivity index (χ1v) is 7.72. The maximum Gasteiger partial charge on any atom is 0.154 e. The first kappa shape index (κ1) is 15.5. The number of carbonyl (C=O) groups excluding carboxylic acids is 1. The van der Waals surface area contributed by atoms with E-state index >= 15 is 0 Å². The van der Waals surface area contributed by atoms with Crippen molar-refractivity contribution in [3.8, 4) is 6.07 Å². The highest BCUT2D eigenvalue weighted by molar-refractivity contribution is 9.10. The molecule has 0 saturated heterocycles. The van der Waals surface area contributed by atoms with E-state index in [2.05, 4.69) is 34.1 Å². The fourth-order valence-electron chi connectivity index (χ4n) is 2.28. The summed E-state index contributed by atoms with van der Waals surface area (Å²) in [6, 6.07) is 19.6. The van der Waals surface area contributed by atoms with Gasteiger partial charge in [0.1, 0.15) is 5.92 Å². The van der Waals surface area contributed by atoms with Crippen molar-refractivity contribution in [3.05, 3.63) is 70.2 Å². The Balaban J connectivity index is 1.96. The summed E-state index contributed by atoms with van der Waals surface area (Å²) in [5, 5.41) is 9.30. The number of hydrogen-bond donors (Lipinski definition) is 0. The molecule has 0 fully saturated rings. The van der Waals surface area contributed by atoms with Crippen LogP contribution in [0.15, 0.2) is 59.1 Å². The molecule has 1 unspecified atom stereocenters. The Kier molecular flexibility index (Phi) is 5.71. The Morgan fingerprint density at radius 1 is 1.10 bits per heavy atom. The molecule has 0 radical (unpaired) electrons. The summed E-state index contributed by atoms with van der Waals surface area (Å²) in [7, 11) is 0. The number of halogens is 1. The molecule has 2 nitrogen and oxygen atoms in total. The number of benzene rings is 2. The van der Waals surface area contributed by atoms with E-state index in [1.165, 1.54) is 5.56 Å². The molecule has 0 bridgehead atoms. The number of Topliss-reactive ketones (excluding diaryl/α,β-unsaturated/α-hetero) is 1. The van der Waals surface area contributed by atoms with Gasteiger partial charge in [0.25, 0.3) is 0 Å². The van der Waals surface area contributed by atoms with Crippen molar-refractivity contribution in [1.29, 1.82) is 5.26 Å². The highest BCUT2D eigenvalue weighted by atomic mass is 79.9. The van der Waals surface area contributed by atoms with Crippen LogP contribution in [0.2, 0.25) is 0 Å². The van der Waals surface area contributed by atoms with Crippen molar-refractivity contribution in [1.82, 2.24) is 0 Å². The van der Waals surface area contributed by atoms with Crippen LogP contribution in [0.3, 0.4) is 0 Å². The summed E-state index contributed by atoms with van der Waals surface area (Å²) >= 11 is 3.41. The maximum atomic E-state index is 12.3. The molecule has 0 amide bonds. The van der Waals surface area contributed by atoms with E-state index in [-0.39, 0.29) is 5.78 Å². The average Bonchev–Trinajstić information content (AvgIpc) is 2.51. The fraction of sp³-hybridized carbons (Fsp3) is 0.222. The summed E-state index contributed by atoms with van der Waals surface area (Å²) in [5.41, 5.74) is 1.98. The molecule has 0 heterocycles. The van der Waals surface area contributed by atoms with E-state index in [0.717, 1.165) is 22.9 Å². The second-order valence-electron chi connectivity index (χ2n) is 4.89. The molecule has 0 aliphatic rings. The third-order valence-electron chi connectivity index (χ3n) is 3.40. The molecule has 0 aromatic heterocycles. The summed E-state index contributed by atoms with van der Waals surface area (Å²) in [6.45, 7) is 0. The third-order valence-corrected chi connectivity index (χ3v) is 4.12. The summed E-state index contributed by atoms with van der Waals surface area (Å²) < 4.78 is 0.813. The van der Waals surface area contributed by atoms with Crippen LogP contribution in [0.5, 0.6) is 0 Å². The highest BCUT2D eigenvalue weighted by Gasteiger charge is 2.21. The van der Waals surface area contributed by atoms with Crippen molar-refractivity contribution in [2.75, 3.05) is 0 Å². The monoisotopic (exact) mass is 341 g/mol. The van der Waals surface area contributed by atoms with E-state index in [9.17, 15) is 10.1 Å². The molecule has 21 heavy (non-hydrogen) atoms. The summed E-state index contributed by atoms with van der Waals surface area (Å²) in [5.74, 6) is -0.698. The molecule has 0 aliphatic carbocycles. The minimum Gasteiger partial charge on any atom is -0.298 e. The molecule has 0 N–H and O–H groups in total. The Labute approximate surface area is 133 Å². The molecule has 2 aromatic carbocycles. The van der Waals surface area contributed by atoms with Crippen molar-refractivity contribution in [2.24, 2.45) is 0 Å². The maximum absolute atomic E-state index is 12.3. The normalized spacial score (nSPS) is 11.6. The lowest BCUT2D eigenvalue weighted by atomic mass is 9.92. The van der Waals surface area contributed by atoms with Crippen LogP contribution in [-0.4, -0.2) is 5.78 Å². The van der Waals surface area contributed by atoms with Crippen molar-refractivity contribution in [2.45, 2.75) is 25.2 Å². The lowest BCUT2D eigenvalue weighted by molar-refractivity contribution is -0.119. The topological polar surface area (TPSA) is 40.9 Å². The second-order valence-corrected chi connectivity index (χ2v) is 5.74. The molecule has 2 aromatic rings. The number of ketones is 1.